The summed E-state index contributed by atoms with van der Waals surface area (Å²) in [4.78, 5) is 0. The molecule has 0 fully saturated rings. The lowest BCUT2D eigenvalue weighted by molar-refractivity contribution is 0.221. The molecule has 1 unspecified atom stereocenters. The molecule has 1 aliphatic rings. The molecule has 1 heterocycles. The number of halogens is 1. The first-order valence-corrected chi connectivity index (χ1v) is 6.30. The van der Waals surface area contributed by atoms with Crippen molar-refractivity contribution < 1.29 is 4.74 Å². The summed E-state index contributed by atoms with van der Waals surface area (Å²) in [6, 6.07) is 6.17. The predicted molar refractivity (Wildman–Crippen MR) is 69.1 cm³/mol. The summed E-state index contributed by atoms with van der Waals surface area (Å²) in [5.41, 5.74) is 9.85. The Bertz CT molecular complexity index is 414. The fourth-order valence-corrected chi connectivity index (χ4v) is 2.34. The van der Waals surface area contributed by atoms with Crippen molar-refractivity contribution in [1.29, 1.82) is 0 Å². The molecule has 3 heteroatoms. The molecule has 1 atom stereocenters. The van der Waals surface area contributed by atoms with Crippen LogP contribution in [0.25, 0.3) is 0 Å². The molecule has 0 radical (unpaired) electrons. The summed E-state index contributed by atoms with van der Waals surface area (Å²) in [5.74, 6) is 0. The van der Waals surface area contributed by atoms with Gasteiger partial charge in [-0.2, -0.15) is 0 Å². The van der Waals surface area contributed by atoms with Crippen LogP contribution in [0.3, 0.4) is 0 Å². The van der Waals surface area contributed by atoms with Crippen molar-refractivity contribution in [1.82, 2.24) is 0 Å². The second-order valence-electron chi connectivity index (χ2n) is 4.15. The normalized spacial score (nSPS) is 17.6. The van der Waals surface area contributed by atoms with Crippen molar-refractivity contribution in [3.05, 3.63) is 45.6 Å². The van der Waals surface area contributed by atoms with Gasteiger partial charge in [-0.25, -0.2) is 0 Å². The monoisotopic (exact) mass is 281 g/mol. The number of aryl methyl sites for hydroxylation is 1. The lowest BCUT2D eigenvalue weighted by Gasteiger charge is -2.21. The fourth-order valence-electron chi connectivity index (χ4n) is 1.96. The first-order valence-electron chi connectivity index (χ1n) is 5.50. The molecule has 1 aliphatic heterocycles. The molecule has 86 valence electrons. The molecule has 0 saturated carbocycles. The van der Waals surface area contributed by atoms with E-state index in [2.05, 4.69) is 35.0 Å². The van der Waals surface area contributed by atoms with Gasteiger partial charge in [0, 0.05) is 4.47 Å². The maximum atomic E-state index is 6.27. The molecule has 0 spiro atoms. The van der Waals surface area contributed by atoms with Crippen molar-refractivity contribution in [2.24, 2.45) is 5.73 Å². The van der Waals surface area contributed by atoms with E-state index in [0.29, 0.717) is 0 Å². The molecule has 0 aromatic heterocycles. The van der Waals surface area contributed by atoms with Gasteiger partial charge in [0.15, 0.2) is 0 Å². The van der Waals surface area contributed by atoms with E-state index in [9.17, 15) is 0 Å². The van der Waals surface area contributed by atoms with E-state index in [4.69, 9.17) is 10.5 Å². The topological polar surface area (TPSA) is 35.2 Å². The molecular weight excluding hydrogens is 266 g/mol. The van der Waals surface area contributed by atoms with Crippen molar-refractivity contribution in [3.8, 4) is 0 Å². The van der Waals surface area contributed by atoms with Gasteiger partial charge in [0.2, 0.25) is 0 Å². The molecule has 0 bridgehead atoms. The van der Waals surface area contributed by atoms with Crippen LogP contribution in [0.5, 0.6) is 0 Å². The molecule has 2 N–H and O–H groups in total. The molecule has 2 rings (SSSR count). The highest BCUT2D eigenvalue weighted by Crippen LogP contribution is 2.29. The fraction of sp³-hybridized carbons (Fsp3) is 0.385. The SMILES string of the molecule is Cc1ccc(Br)cc1C(N)C1=COCCC1. The lowest BCUT2D eigenvalue weighted by Crippen LogP contribution is -2.17. The van der Waals surface area contributed by atoms with Crippen LogP contribution in [0, 0.1) is 6.92 Å². The minimum atomic E-state index is -0.0437. The predicted octanol–water partition coefficient (Wildman–Crippen LogP) is 3.45. The zero-order chi connectivity index (χ0) is 11.5. The molecule has 0 saturated heterocycles. The van der Waals surface area contributed by atoms with Crippen LogP contribution in [-0.2, 0) is 4.74 Å². The summed E-state index contributed by atoms with van der Waals surface area (Å²) in [5, 5.41) is 0. The highest BCUT2D eigenvalue weighted by atomic mass is 79.9. The number of hydrogen-bond donors (Lipinski definition) is 1. The van der Waals surface area contributed by atoms with Gasteiger partial charge in [-0.1, -0.05) is 22.0 Å². The Morgan fingerprint density at radius 2 is 2.25 bits per heavy atom. The standard InChI is InChI=1S/C13H16BrNO/c1-9-4-5-11(14)7-12(9)13(15)10-3-2-6-16-8-10/h4-5,7-8,13H,2-3,6,15H2,1H3. The molecule has 0 aliphatic carbocycles. The lowest BCUT2D eigenvalue weighted by atomic mass is 9.93. The average molecular weight is 282 g/mol. The van der Waals surface area contributed by atoms with E-state index >= 15 is 0 Å². The smallest absolute Gasteiger partial charge is 0.0876 e. The van der Waals surface area contributed by atoms with Gasteiger partial charge in [-0.3, -0.25) is 0 Å². The number of nitrogens with two attached hydrogens (primary N) is 1. The van der Waals surface area contributed by atoms with Gasteiger partial charge in [-0.05, 0) is 48.6 Å². The van der Waals surface area contributed by atoms with Crippen LogP contribution in [0.15, 0.2) is 34.5 Å². The highest BCUT2D eigenvalue weighted by Gasteiger charge is 2.16. The van der Waals surface area contributed by atoms with Gasteiger partial charge < -0.3 is 10.5 Å². The Hall–Kier alpha value is -0.800. The van der Waals surface area contributed by atoms with Crippen LogP contribution in [-0.4, -0.2) is 6.61 Å². The van der Waals surface area contributed by atoms with Crippen LogP contribution in [0.2, 0.25) is 0 Å². The molecule has 0 amide bonds. The third-order valence-electron chi connectivity index (χ3n) is 2.94. The van der Waals surface area contributed by atoms with Gasteiger partial charge >= 0.3 is 0 Å². The Kier molecular flexibility index (Phi) is 3.66. The average Bonchev–Trinajstić information content (AvgIpc) is 2.32. The van der Waals surface area contributed by atoms with Crippen LogP contribution < -0.4 is 5.73 Å². The summed E-state index contributed by atoms with van der Waals surface area (Å²) >= 11 is 3.48. The van der Waals surface area contributed by atoms with Crippen molar-refractivity contribution in [2.45, 2.75) is 25.8 Å². The van der Waals surface area contributed by atoms with E-state index in [1.807, 2.05) is 12.3 Å². The Morgan fingerprint density at radius 1 is 1.44 bits per heavy atom. The summed E-state index contributed by atoms with van der Waals surface area (Å²) < 4.78 is 6.41. The van der Waals surface area contributed by atoms with E-state index in [0.717, 1.165) is 23.9 Å². The maximum absolute atomic E-state index is 6.27. The highest BCUT2D eigenvalue weighted by molar-refractivity contribution is 9.10. The van der Waals surface area contributed by atoms with Gasteiger partial charge in [0.05, 0.1) is 18.9 Å². The zero-order valence-electron chi connectivity index (χ0n) is 9.37. The van der Waals surface area contributed by atoms with Crippen LogP contribution in [0.4, 0.5) is 0 Å². The van der Waals surface area contributed by atoms with E-state index in [1.54, 1.807) is 0 Å². The number of benzene rings is 1. The van der Waals surface area contributed by atoms with Gasteiger partial charge in [0.1, 0.15) is 0 Å². The molecule has 1 aromatic carbocycles. The Morgan fingerprint density at radius 3 is 2.94 bits per heavy atom. The molecular formula is C13H16BrNO. The van der Waals surface area contributed by atoms with Gasteiger partial charge in [-0.15, -0.1) is 0 Å². The minimum Gasteiger partial charge on any atom is -0.501 e. The second-order valence-corrected chi connectivity index (χ2v) is 5.06. The summed E-state index contributed by atoms with van der Waals surface area (Å²) in [7, 11) is 0. The van der Waals surface area contributed by atoms with Crippen LogP contribution >= 0.6 is 15.9 Å². The van der Waals surface area contributed by atoms with E-state index in [1.165, 1.54) is 16.7 Å². The maximum Gasteiger partial charge on any atom is 0.0876 e. The van der Waals surface area contributed by atoms with Crippen molar-refractivity contribution in [3.63, 3.8) is 0 Å². The van der Waals surface area contributed by atoms with E-state index < -0.39 is 0 Å². The van der Waals surface area contributed by atoms with Crippen LogP contribution in [0.1, 0.15) is 30.0 Å². The molecule has 2 nitrogen and oxygen atoms in total. The largest absolute Gasteiger partial charge is 0.501 e. The molecule has 1 aromatic rings. The Balaban J connectivity index is 2.29. The van der Waals surface area contributed by atoms with Gasteiger partial charge in [0.25, 0.3) is 0 Å². The summed E-state index contributed by atoms with van der Waals surface area (Å²) in [6.45, 7) is 2.90. The molecule has 16 heavy (non-hydrogen) atoms. The number of rotatable bonds is 2. The summed E-state index contributed by atoms with van der Waals surface area (Å²) in [6.07, 6.45) is 3.92. The quantitative estimate of drug-likeness (QED) is 0.901. The number of hydrogen-bond acceptors (Lipinski definition) is 2. The van der Waals surface area contributed by atoms with E-state index in [-0.39, 0.29) is 6.04 Å². The number of ether oxygens (including phenoxy) is 1. The Labute approximate surface area is 105 Å². The van der Waals surface area contributed by atoms with Crippen molar-refractivity contribution >= 4 is 15.9 Å². The van der Waals surface area contributed by atoms with Crippen molar-refractivity contribution in [2.75, 3.05) is 6.61 Å². The minimum absolute atomic E-state index is 0.0437. The first-order chi connectivity index (χ1) is 7.68. The second kappa shape index (κ2) is 5.02. The first kappa shape index (κ1) is 11.7. The third kappa shape index (κ3) is 2.47. The third-order valence-corrected chi connectivity index (χ3v) is 3.43. The zero-order valence-corrected chi connectivity index (χ0v) is 11.0.